The molecule has 0 aliphatic rings. The Morgan fingerprint density at radius 1 is 1.08 bits per heavy atom. The minimum absolute atomic E-state index is 0.0324. The predicted molar refractivity (Wildman–Crippen MR) is 99.9 cm³/mol. The first-order chi connectivity index (χ1) is 12.4. The van der Waals surface area contributed by atoms with Crippen molar-refractivity contribution in [3.63, 3.8) is 0 Å². The number of hydrogen-bond donors (Lipinski definition) is 0. The third-order valence-electron chi connectivity index (χ3n) is 4.09. The van der Waals surface area contributed by atoms with E-state index in [0.29, 0.717) is 17.7 Å². The lowest BCUT2D eigenvalue weighted by atomic mass is 10.1. The Labute approximate surface area is 156 Å². The van der Waals surface area contributed by atoms with Crippen LogP contribution in [0, 0.1) is 20.8 Å². The molecule has 1 aromatic carbocycles. The molecule has 26 heavy (non-hydrogen) atoms. The Hall–Kier alpha value is -2.54. The number of furan rings is 1. The van der Waals surface area contributed by atoms with Crippen LogP contribution in [-0.2, 0) is 11.3 Å². The smallest absolute Gasteiger partial charge is 0.277 e. The first kappa shape index (κ1) is 18.3. The van der Waals surface area contributed by atoms with Crippen molar-refractivity contribution in [3.8, 4) is 11.5 Å². The summed E-state index contributed by atoms with van der Waals surface area (Å²) in [7, 11) is 1.75. The van der Waals surface area contributed by atoms with Crippen molar-refractivity contribution in [3.05, 3.63) is 53.0 Å². The van der Waals surface area contributed by atoms with Crippen molar-refractivity contribution in [1.29, 1.82) is 0 Å². The standard InChI is InChI=1S/C19H21N3O3S/c1-12-5-7-15(9-13(12)2)18-20-21-19(25-18)26-11-17(23)22(4)10-16-8-6-14(3)24-16/h5-9H,10-11H2,1-4H3. The number of thioether (sulfide) groups is 1. The summed E-state index contributed by atoms with van der Waals surface area (Å²) in [6, 6.07) is 9.75. The number of aryl methyl sites for hydroxylation is 3. The van der Waals surface area contributed by atoms with Gasteiger partial charge >= 0.3 is 0 Å². The SMILES string of the molecule is Cc1ccc(CN(C)C(=O)CSc2nnc(-c3ccc(C)c(C)c3)o2)o1. The summed E-state index contributed by atoms with van der Waals surface area (Å²) in [6.45, 7) is 6.41. The van der Waals surface area contributed by atoms with Gasteiger partial charge in [-0.25, -0.2) is 0 Å². The summed E-state index contributed by atoms with van der Waals surface area (Å²) in [6.07, 6.45) is 0. The van der Waals surface area contributed by atoms with Crippen molar-refractivity contribution in [2.45, 2.75) is 32.5 Å². The number of amides is 1. The second kappa shape index (κ2) is 7.78. The number of aromatic nitrogens is 2. The van der Waals surface area contributed by atoms with Crippen LogP contribution in [0.4, 0.5) is 0 Å². The fraction of sp³-hybridized carbons (Fsp3) is 0.316. The summed E-state index contributed by atoms with van der Waals surface area (Å²) < 4.78 is 11.2. The zero-order valence-electron chi connectivity index (χ0n) is 15.3. The lowest BCUT2D eigenvalue weighted by molar-refractivity contribution is -0.127. The first-order valence-electron chi connectivity index (χ1n) is 8.25. The Balaban J connectivity index is 1.57. The zero-order valence-corrected chi connectivity index (χ0v) is 16.1. The molecule has 0 N–H and O–H groups in total. The molecule has 1 amide bonds. The average molecular weight is 371 g/mol. The van der Waals surface area contributed by atoms with E-state index >= 15 is 0 Å². The maximum Gasteiger partial charge on any atom is 0.277 e. The van der Waals surface area contributed by atoms with Gasteiger partial charge in [0.15, 0.2) is 0 Å². The van der Waals surface area contributed by atoms with E-state index in [9.17, 15) is 4.79 Å². The quantitative estimate of drug-likeness (QED) is 0.610. The summed E-state index contributed by atoms with van der Waals surface area (Å²) in [4.78, 5) is 13.9. The Kier molecular flexibility index (Phi) is 5.46. The number of rotatable bonds is 6. The highest BCUT2D eigenvalue weighted by atomic mass is 32.2. The van der Waals surface area contributed by atoms with Gasteiger partial charge in [-0.05, 0) is 56.2 Å². The van der Waals surface area contributed by atoms with Crippen molar-refractivity contribution in [2.75, 3.05) is 12.8 Å². The molecule has 0 radical (unpaired) electrons. The van der Waals surface area contributed by atoms with Crippen LogP contribution in [0.1, 0.15) is 22.6 Å². The van der Waals surface area contributed by atoms with Crippen LogP contribution < -0.4 is 0 Å². The molecule has 0 unspecified atom stereocenters. The maximum absolute atomic E-state index is 12.3. The molecule has 0 fully saturated rings. The van der Waals surface area contributed by atoms with Gasteiger partial charge < -0.3 is 13.7 Å². The minimum Gasteiger partial charge on any atom is -0.464 e. The van der Waals surface area contributed by atoms with Crippen LogP contribution in [0.5, 0.6) is 0 Å². The van der Waals surface area contributed by atoms with Crippen LogP contribution in [0.25, 0.3) is 11.5 Å². The molecule has 3 rings (SSSR count). The normalized spacial score (nSPS) is 10.9. The number of carbonyl (C=O) groups excluding carboxylic acids is 1. The monoisotopic (exact) mass is 371 g/mol. The molecule has 0 aliphatic carbocycles. The molecule has 0 atom stereocenters. The van der Waals surface area contributed by atoms with Crippen LogP contribution >= 0.6 is 11.8 Å². The number of carbonyl (C=O) groups is 1. The zero-order chi connectivity index (χ0) is 18.7. The van der Waals surface area contributed by atoms with Crippen molar-refractivity contribution >= 4 is 17.7 Å². The van der Waals surface area contributed by atoms with Crippen LogP contribution in [0.3, 0.4) is 0 Å². The third-order valence-corrected chi connectivity index (χ3v) is 4.90. The van der Waals surface area contributed by atoms with E-state index in [1.807, 2.05) is 44.2 Å². The van der Waals surface area contributed by atoms with Crippen molar-refractivity contribution < 1.29 is 13.6 Å². The molecular weight excluding hydrogens is 350 g/mol. The van der Waals surface area contributed by atoms with Gasteiger partial charge in [0.05, 0.1) is 12.3 Å². The third kappa shape index (κ3) is 4.35. The fourth-order valence-corrected chi connectivity index (χ4v) is 3.09. The second-order valence-corrected chi connectivity index (χ2v) is 7.15. The van der Waals surface area contributed by atoms with Gasteiger partial charge in [-0.3, -0.25) is 4.79 Å². The van der Waals surface area contributed by atoms with E-state index in [4.69, 9.17) is 8.83 Å². The van der Waals surface area contributed by atoms with Crippen molar-refractivity contribution in [2.24, 2.45) is 0 Å². The highest BCUT2D eigenvalue weighted by Gasteiger charge is 2.15. The van der Waals surface area contributed by atoms with Crippen molar-refractivity contribution in [1.82, 2.24) is 15.1 Å². The van der Waals surface area contributed by atoms with Crippen LogP contribution in [-0.4, -0.2) is 33.8 Å². The molecule has 0 aliphatic heterocycles. The van der Waals surface area contributed by atoms with E-state index in [0.717, 1.165) is 17.1 Å². The van der Waals surface area contributed by atoms with Gasteiger partial charge in [-0.2, -0.15) is 0 Å². The summed E-state index contributed by atoms with van der Waals surface area (Å²) >= 11 is 1.23. The lowest BCUT2D eigenvalue weighted by Crippen LogP contribution is -2.27. The van der Waals surface area contributed by atoms with E-state index < -0.39 is 0 Å². The molecule has 136 valence electrons. The van der Waals surface area contributed by atoms with E-state index in [1.54, 1.807) is 11.9 Å². The van der Waals surface area contributed by atoms with Gasteiger partial charge in [0, 0.05) is 12.6 Å². The second-order valence-electron chi connectivity index (χ2n) is 6.22. The van der Waals surface area contributed by atoms with Gasteiger partial charge in [-0.1, -0.05) is 17.8 Å². The molecule has 3 aromatic rings. The molecule has 0 saturated carbocycles. The molecule has 2 aromatic heterocycles. The largest absolute Gasteiger partial charge is 0.464 e. The minimum atomic E-state index is -0.0324. The van der Waals surface area contributed by atoms with E-state index in [1.165, 1.54) is 22.9 Å². The summed E-state index contributed by atoms with van der Waals surface area (Å²) in [5.74, 6) is 2.25. The molecule has 7 heteroatoms. The first-order valence-corrected chi connectivity index (χ1v) is 9.24. The van der Waals surface area contributed by atoms with Crippen LogP contribution in [0.15, 0.2) is 44.4 Å². The predicted octanol–water partition coefficient (Wildman–Crippen LogP) is 4.01. The van der Waals surface area contributed by atoms with E-state index in [-0.39, 0.29) is 11.7 Å². The van der Waals surface area contributed by atoms with Gasteiger partial charge in [-0.15, -0.1) is 10.2 Å². The highest BCUT2D eigenvalue weighted by molar-refractivity contribution is 7.99. The molecule has 0 saturated heterocycles. The summed E-state index contributed by atoms with van der Waals surface area (Å²) in [5, 5.41) is 8.48. The molecule has 0 spiro atoms. The average Bonchev–Trinajstić information content (AvgIpc) is 3.24. The fourth-order valence-electron chi connectivity index (χ4n) is 2.38. The number of hydrogen-bond acceptors (Lipinski definition) is 6. The highest BCUT2D eigenvalue weighted by Crippen LogP contribution is 2.25. The van der Waals surface area contributed by atoms with Crippen LogP contribution in [0.2, 0.25) is 0 Å². The lowest BCUT2D eigenvalue weighted by Gasteiger charge is -2.14. The molecule has 6 nitrogen and oxygen atoms in total. The Morgan fingerprint density at radius 2 is 1.88 bits per heavy atom. The number of nitrogens with zero attached hydrogens (tertiary/aromatic N) is 3. The molecule has 0 bridgehead atoms. The maximum atomic E-state index is 12.3. The Bertz CT molecular complexity index is 916. The topological polar surface area (TPSA) is 72.4 Å². The van der Waals surface area contributed by atoms with Gasteiger partial charge in [0.1, 0.15) is 11.5 Å². The summed E-state index contributed by atoms with van der Waals surface area (Å²) in [5.41, 5.74) is 3.26. The van der Waals surface area contributed by atoms with E-state index in [2.05, 4.69) is 17.1 Å². The van der Waals surface area contributed by atoms with Gasteiger partial charge in [0.25, 0.3) is 5.22 Å². The molecular formula is C19H21N3O3S. The molecule has 2 heterocycles. The number of benzene rings is 1. The Morgan fingerprint density at radius 3 is 2.58 bits per heavy atom. The van der Waals surface area contributed by atoms with Gasteiger partial charge in [0.2, 0.25) is 11.8 Å².